The molecule has 1 atom stereocenters. The number of aromatic nitrogens is 2. The number of nitrogens with zero attached hydrogens (tertiary/aromatic N) is 2. The summed E-state index contributed by atoms with van der Waals surface area (Å²) in [5.41, 5.74) is 1.87. The third kappa shape index (κ3) is 3.77. The van der Waals surface area contributed by atoms with Gasteiger partial charge in [0.2, 0.25) is 5.95 Å². The van der Waals surface area contributed by atoms with Crippen molar-refractivity contribution in [3.05, 3.63) is 48.3 Å². The van der Waals surface area contributed by atoms with Crippen LogP contribution in [0.2, 0.25) is 0 Å². The van der Waals surface area contributed by atoms with Crippen LogP contribution in [-0.2, 0) is 11.2 Å². The van der Waals surface area contributed by atoms with Crippen LogP contribution >= 0.6 is 0 Å². The third-order valence-corrected chi connectivity index (χ3v) is 2.74. The fourth-order valence-corrected chi connectivity index (χ4v) is 1.66. The van der Waals surface area contributed by atoms with Crippen LogP contribution in [0.3, 0.4) is 0 Å². The monoisotopic (exact) mass is 257 g/mol. The molecule has 0 saturated carbocycles. The first kappa shape index (κ1) is 13.0. The number of carbonyl (C=O) groups is 1. The van der Waals surface area contributed by atoms with Crippen LogP contribution < -0.4 is 5.32 Å². The van der Waals surface area contributed by atoms with Gasteiger partial charge in [0.05, 0.1) is 5.92 Å². The van der Waals surface area contributed by atoms with E-state index in [1.165, 1.54) is 0 Å². The van der Waals surface area contributed by atoms with Crippen LogP contribution in [0.1, 0.15) is 12.5 Å². The highest BCUT2D eigenvalue weighted by molar-refractivity contribution is 5.70. The van der Waals surface area contributed by atoms with Crippen LogP contribution in [0, 0.1) is 5.92 Å². The summed E-state index contributed by atoms with van der Waals surface area (Å²) in [4.78, 5) is 18.9. The van der Waals surface area contributed by atoms with Gasteiger partial charge in [-0.05, 0) is 30.2 Å². The van der Waals surface area contributed by atoms with E-state index in [9.17, 15) is 4.79 Å². The molecule has 0 radical (unpaired) electrons. The second-order valence-corrected chi connectivity index (χ2v) is 4.34. The highest BCUT2D eigenvalue weighted by Crippen LogP contribution is 2.15. The molecule has 0 bridgehead atoms. The fraction of sp³-hybridized carbons (Fsp3) is 0.214. The van der Waals surface area contributed by atoms with E-state index in [0.717, 1.165) is 11.3 Å². The molecule has 1 heterocycles. The third-order valence-electron chi connectivity index (χ3n) is 2.74. The Bertz CT molecular complexity index is 540. The SMILES string of the molecule is CC(Cc1ccc(Nc2ncccn2)cc1)C(=O)O. The number of nitrogens with one attached hydrogen (secondary N) is 1. The van der Waals surface area contributed by atoms with Crippen molar-refractivity contribution < 1.29 is 9.90 Å². The molecular weight excluding hydrogens is 242 g/mol. The van der Waals surface area contributed by atoms with E-state index in [2.05, 4.69) is 15.3 Å². The zero-order valence-corrected chi connectivity index (χ0v) is 10.6. The number of carboxylic acid groups (broad SMARTS) is 1. The van der Waals surface area contributed by atoms with Gasteiger partial charge in [-0.15, -0.1) is 0 Å². The summed E-state index contributed by atoms with van der Waals surface area (Å²) < 4.78 is 0. The standard InChI is InChI=1S/C14H15N3O2/c1-10(13(18)19)9-11-3-5-12(6-4-11)17-14-15-7-2-8-16-14/h2-8,10H,9H2,1H3,(H,18,19)(H,15,16,17). The Morgan fingerprint density at radius 2 is 1.89 bits per heavy atom. The lowest BCUT2D eigenvalue weighted by molar-refractivity contribution is -0.141. The van der Waals surface area contributed by atoms with E-state index in [-0.39, 0.29) is 5.92 Å². The molecule has 2 aromatic rings. The van der Waals surface area contributed by atoms with Gasteiger partial charge in [0.25, 0.3) is 0 Å². The predicted molar refractivity (Wildman–Crippen MR) is 72.3 cm³/mol. The fourth-order valence-electron chi connectivity index (χ4n) is 1.66. The lowest BCUT2D eigenvalue weighted by Crippen LogP contribution is -2.12. The Labute approximate surface area is 111 Å². The Balaban J connectivity index is 2.01. The first-order chi connectivity index (χ1) is 9.15. The molecular formula is C14H15N3O2. The Morgan fingerprint density at radius 1 is 1.26 bits per heavy atom. The van der Waals surface area contributed by atoms with Gasteiger partial charge in [0.1, 0.15) is 0 Å². The first-order valence-electron chi connectivity index (χ1n) is 6.01. The van der Waals surface area contributed by atoms with Crippen molar-refractivity contribution in [2.75, 3.05) is 5.32 Å². The maximum atomic E-state index is 10.8. The normalized spacial score (nSPS) is 11.8. The van der Waals surface area contributed by atoms with Gasteiger partial charge in [-0.3, -0.25) is 4.79 Å². The summed E-state index contributed by atoms with van der Waals surface area (Å²) in [6, 6.07) is 9.34. The summed E-state index contributed by atoms with van der Waals surface area (Å²) in [6.07, 6.45) is 3.86. The van der Waals surface area contributed by atoms with Crippen molar-refractivity contribution >= 4 is 17.6 Å². The Morgan fingerprint density at radius 3 is 2.47 bits per heavy atom. The molecule has 0 aliphatic heterocycles. The molecule has 0 spiro atoms. The Hall–Kier alpha value is -2.43. The predicted octanol–water partition coefficient (Wildman–Crippen LogP) is 2.48. The van der Waals surface area contributed by atoms with Gasteiger partial charge < -0.3 is 10.4 Å². The molecule has 0 fully saturated rings. The number of carboxylic acids is 1. The van der Waals surface area contributed by atoms with E-state index >= 15 is 0 Å². The minimum absolute atomic E-state index is 0.378. The largest absolute Gasteiger partial charge is 0.481 e. The lowest BCUT2D eigenvalue weighted by atomic mass is 10.0. The lowest BCUT2D eigenvalue weighted by Gasteiger charge is -2.08. The molecule has 19 heavy (non-hydrogen) atoms. The number of rotatable bonds is 5. The van der Waals surface area contributed by atoms with Crippen molar-refractivity contribution in [3.8, 4) is 0 Å². The van der Waals surface area contributed by atoms with Crippen LogP contribution in [0.5, 0.6) is 0 Å². The van der Waals surface area contributed by atoms with Crippen molar-refractivity contribution in [1.82, 2.24) is 9.97 Å². The minimum atomic E-state index is -0.778. The van der Waals surface area contributed by atoms with Gasteiger partial charge in [-0.1, -0.05) is 19.1 Å². The van der Waals surface area contributed by atoms with Gasteiger partial charge in [-0.2, -0.15) is 0 Å². The van der Waals surface area contributed by atoms with Gasteiger partial charge in [0, 0.05) is 18.1 Å². The number of hydrogen-bond acceptors (Lipinski definition) is 4. The second-order valence-electron chi connectivity index (χ2n) is 4.34. The number of anilines is 2. The van der Waals surface area contributed by atoms with Gasteiger partial charge >= 0.3 is 5.97 Å². The van der Waals surface area contributed by atoms with Crippen LogP contribution in [0.4, 0.5) is 11.6 Å². The van der Waals surface area contributed by atoms with Crippen molar-refractivity contribution in [1.29, 1.82) is 0 Å². The number of aliphatic carboxylic acids is 1. The molecule has 2 N–H and O–H groups in total. The molecule has 0 amide bonds. The van der Waals surface area contributed by atoms with Gasteiger partial charge in [-0.25, -0.2) is 9.97 Å². The summed E-state index contributed by atoms with van der Waals surface area (Å²) in [6.45, 7) is 1.70. The summed E-state index contributed by atoms with van der Waals surface area (Å²) in [5.74, 6) is -0.620. The van der Waals surface area contributed by atoms with Crippen molar-refractivity contribution in [2.24, 2.45) is 5.92 Å². The van der Waals surface area contributed by atoms with E-state index in [0.29, 0.717) is 12.4 Å². The van der Waals surface area contributed by atoms with Crippen LogP contribution in [0.25, 0.3) is 0 Å². The molecule has 5 heteroatoms. The van der Waals surface area contributed by atoms with E-state index < -0.39 is 5.97 Å². The summed E-state index contributed by atoms with van der Waals surface area (Å²) >= 11 is 0. The topological polar surface area (TPSA) is 75.1 Å². The number of hydrogen-bond donors (Lipinski definition) is 2. The Kier molecular flexibility index (Phi) is 4.07. The average molecular weight is 257 g/mol. The maximum absolute atomic E-state index is 10.8. The van der Waals surface area contributed by atoms with Crippen molar-refractivity contribution in [3.63, 3.8) is 0 Å². The second kappa shape index (κ2) is 5.95. The van der Waals surface area contributed by atoms with E-state index in [1.54, 1.807) is 25.4 Å². The highest BCUT2D eigenvalue weighted by Gasteiger charge is 2.11. The van der Waals surface area contributed by atoms with E-state index in [1.807, 2.05) is 24.3 Å². The molecule has 0 aliphatic rings. The maximum Gasteiger partial charge on any atom is 0.306 e. The van der Waals surface area contributed by atoms with Gasteiger partial charge in [0.15, 0.2) is 0 Å². The summed E-state index contributed by atoms with van der Waals surface area (Å²) in [5, 5.41) is 11.9. The first-order valence-corrected chi connectivity index (χ1v) is 6.01. The zero-order chi connectivity index (χ0) is 13.7. The zero-order valence-electron chi connectivity index (χ0n) is 10.6. The molecule has 1 aromatic heterocycles. The van der Waals surface area contributed by atoms with E-state index in [4.69, 9.17) is 5.11 Å². The molecule has 0 saturated heterocycles. The quantitative estimate of drug-likeness (QED) is 0.860. The van der Waals surface area contributed by atoms with Crippen LogP contribution in [0.15, 0.2) is 42.7 Å². The minimum Gasteiger partial charge on any atom is -0.481 e. The number of benzene rings is 1. The molecule has 0 aliphatic carbocycles. The smallest absolute Gasteiger partial charge is 0.306 e. The molecule has 1 aromatic carbocycles. The molecule has 98 valence electrons. The van der Waals surface area contributed by atoms with Crippen molar-refractivity contribution in [2.45, 2.75) is 13.3 Å². The van der Waals surface area contributed by atoms with Crippen LogP contribution in [-0.4, -0.2) is 21.0 Å². The highest BCUT2D eigenvalue weighted by atomic mass is 16.4. The average Bonchev–Trinajstić information content (AvgIpc) is 2.42. The molecule has 2 rings (SSSR count). The molecule has 1 unspecified atom stereocenters. The summed E-state index contributed by atoms with van der Waals surface area (Å²) in [7, 11) is 0. The molecule has 5 nitrogen and oxygen atoms in total.